The lowest BCUT2D eigenvalue weighted by Gasteiger charge is -2.23. The fourth-order valence-corrected chi connectivity index (χ4v) is 7.17. The minimum absolute atomic E-state index is 0.123. The van der Waals surface area contributed by atoms with Crippen molar-refractivity contribution in [3.63, 3.8) is 0 Å². The number of halogens is 1. The van der Waals surface area contributed by atoms with E-state index in [4.69, 9.17) is 4.74 Å². The molecule has 1 amide bonds. The summed E-state index contributed by atoms with van der Waals surface area (Å²) in [5.74, 6) is -1.49. The molecule has 0 spiro atoms. The summed E-state index contributed by atoms with van der Waals surface area (Å²) >= 11 is 5.97. The topological polar surface area (TPSA) is 126 Å². The lowest BCUT2D eigenvalue weighted by atomic mass is 9.95. The average molecular weight is 662 g/mol. The van der Waals surface area contributed by atoms with Crippen LogP contribution in [0.4, 0.5) is 5.13 Å². The number of rotatable bonds is 7. The van der Waals surface area contributed by atoms with Crippen molar-refractivity contribution in [2.45, 2.75) is 16.1 Å². The Balaban J connectivity index is 1.41. The molecule has 3 aromatic carbocycles. The Hall–Kier alpha value is -4.26. The number of phenols is 1. The molecule has 0 radical (unpaired) electrons. The standard InChI is InChI=1S/C30H21BrN4O5S2/c1-40-22-14-19(13-21(31)26(22)37)24-23(25(36)17-9-11-32-12-10-17)27(38)28(39)35(24)29-33-34-30(42-29)41-15-18-7-4-6-16-5-2-3-8-20(16)18/h2-14,24,36-37H,15H2,1H3/b25-23+. The Morgan fingerprint density at radius 3 is 2.62 bits per heavy atom. The molecule has 5 aromatic rings. The Kier molecular flexibility index (Phi) is 7.67. The minimum Gasteiger partial charge on any atom is -0.507 e. The van der Waals surface area contributed by atoms with Gasteiger partial charge in [-0.3, -0.25) is 19.5 Å². The smallest absolute Gasteiger partial charge is 0.301 e. The summed E-state index contributed by atoms with van der Waals surface area (Å²) in [6, 6.07) is 19.4. The van der Waals surface area contributed by atoms with Gasteiger partial charge in [-0.1, -0.05) is 65.6 Å². The van der Waals surface area contributed by atoms with Gasteiger partial charge in [0.25, 0.3) is 5.78 Å². The van der Waals surface area contributed by atoms with E-state index in [9.17, 15) is 19.8 Å². The Labute approximate surface area is 256 Å². The highest BCUT2D eigenvalue weighted by Gasteiger charge is 2.48. The van der Waals surface area contributed by atoms with Crippen LogP contribution in [0.1, 0.15) is 22.7 Å². The third-order valence-corrected chi connectivity index (χ3v) is 9.53. The van der Waals surface area contributed by atoms with Gasteiger partial charge in [0, 0.05) is 23.7 Å². The number of hydrogen-bond donors (Lipinski definition) is 2. The molecule has 0 saturated carbocycles. The van der Waals surface area contributed by atoms with Crippen LogP contribution in [0.15, 0.2) is 93.5 Å². The van der Waals surface area contributed by atoms with Crippen molar-refractivity contribution in [3.8, 4) is 11.5 Å². The third-order valence-electron chi connectivity index (χ3n) is 6.82. The fraction of sp³-hybridized carbons (Fsp3) is 0.100. The summed E-state index contributed by atoms with van der Waals surface area (Å²) < 4.78 is 6.22. The van der Waals surface area contributed by atoms with Crippen LogP contribution < -0.4 is 9.64 Å². The molecule has 0 aliphatic carbocycles. The van der Waals surface area contributed by atoms with Crippen LogP contribution in [0.5, 0.6) is 11.5 Å². The molecule has 2 aromatic heterocycles. The van der Waals surface area contributed by atoms with Gasteiger partial charge >= 0.3 is 5.91 Å². The first-order chi connectivity index (χ1) is 20.4. The highest BCUT2D eigenvalue weighted by atomic mass is 79.9. The van der Waals surface area contributed by atoms with Gasteiger partial charge in [-0.2, -0.15) is 0 Å². The van der Waals surface area contributed by atoms with Gasteiger partial charge in [-0.05, 0) is 62.1 Å². The van der Waals surface area contributed by atoms with Crippen molar-refractivity contribution >= 4 is 72.4 Å². The molecule has 1 aliphatic rings. The first kappa shape index (κ1) is 27.9. The van der Waals surface area contributed by atoms with Crippen LogP contribution in [-0.2, 0) is 15.3 Å². The second kappa shape index (κ2) is 11.6. The molecular formula is C30H21BrN4O5S2. The number of ketones is 1. The second-order valence-electron chi connectivity index (χ2n) is 9.24. The lowest BCUT2D eigenvalue weighted by molar-refractivity contribution is -0.132. The summed E-state index contributed by atoms with van der Waals surface area (Å²) in [6.45, 7) is 0. The van der Waals surface area contributed by atoms with Gasteiger partial charge in [0.15, 0.2) is 15.8 Å². The number of aliphatic hydroxyl groups is 1. The maximum absolute atomic E-state index is 13.5. The van der Waals surface area contributed by atoms with Gasteiger partial charge in [-0.25, -0.2) is 0 Å². The molecule has 1 unspecified atom stereocenters. The molecule has 9 nitrogen and oxygen atoms in total. The first-order valence-electron chi connectivity index (χ1n) is 12.6. The van der Waals surface area contributed by atoms with Gasteiger partial charge < -0.3 is 14.9 Å². The van der Waals surface area contributed by atoms with Crippen LogP contribution in [0.2, 0.25) is 0 Å². The van der Waals surface area contributed by atoms with E-state index in [1.807, 2.05) is 18.2 Å². The number of thioether (sulfide) groups is 1. The van der Waals surface area contributed by atoms with Gasteiger partial charge in [0.05, 0.1) is 23.2 Å². The number of pyridine rings is 1. The maximum atomic E-state index is 13.5. The number of aromatic hydroxyl groups is 1. The highest BCUT2D eigenvalue weighted by Crippen LogP contribution is 2.47. The number of aliphatic hydroxyl groups excluding tert-OH is 1. The van der Waals surface area contributed by atoms with Crippen molar-refractivity contribution in [2.75, 3.05) is 12.0 Å². The van der Waals surface area contributed by atoms with E-state index >= 15 is 0 Å². The van der Waals surface area contributed by atoms with Crippen LogP contribution in [0, 0.1) is 0 Å². The molecule has 3 heterocycles. The van der Waals surface area contributed by atoms with E-state index in [2.05, 4.69) is 55.4 Å². The van der Waals surface area contributed by atoms with Crippen molar-refractivity contribution in [1.29, 1.82) is 0 Å². The number of fused-ring (bicyclic) bond motifs is 1. The van der Waals surface area contributed by atoms with Gasteiger partial charge in [0.1, 0.15) is 5.76 Å². The molecule has 2 N–H and O–H groups in total. The second-order valence-corrected chi connectivity index (χ2v) is 12.3. The van der Waals surface area contributed by atoms with Crippen LogP contribution >= 0.6 is 39.0 Å². The quantitative estimate of drug-likeness (QED) is 0.0663. The number of carbonyl (C=O) groups excluding carboxylic acids is 2. The number of hydrogen-bond acceptors (Lipinski definition) is 10. The number of Topliss-reactive ketones (excluding diaryl/α,β-unsaturated/α-hetero) is 1. The SMILES string of the molecule is COc1cc(C2/C(=C(\O)c3ccncc3)C(=O)C(=O)N2c2nnc(SCc3cccc4ccccc34)s2)cc(Br)c1O. The van der Waals surface area contributed by atoms with E-state index in [1.54, 1.807) is 18.2 Å². The number of aromatic nitrogens is 3. The van der Waals surface area contributed by atoms with E-state index < -0.39 is 17.7 Å². The van der Waals surface area contributed by atoms with Crippen LogP contribution in [-0.4, -0.2) is 44.2 Å². The summed E-state index contributed by atoms with van der Waals surface area (Å²) in [6.07, 6.45) is 2.95. The Morgan fingerprint density at radius 2 is 1.83 bits per heavy atom. The molecule has 1 aliphatic heterocycles. The molecule has 12 heteroatoms. The largest absolute Gasteiger partial charge is 0.507 e. The molecule has 1 fully saturated rings. The zero-order chi connectivity index (χ0) is 29.4. The number of anilines is 1. The number of methoxy groups -OCH3 is 1. The average Bonchev–Trinajstić information content (AvgIpc) is 3.59. The summed E-state index contributed by atoms with van der Waals surface area (Å²) in [7, 11) is 1.39. The predicted octanol–water partition coefficient (Wildman–Crippen LogP) is 6.48. The molecule has 1 saturated heterocycles. The van der Waals surface area contributed by atoms with Crippen molar-refractivity contribution in [1.82, 2.24) is 15.2 Å². The summed E-state index contributed by atoms with van der Waals surface area (Å²) in [5.41, 5.74) is 1.73. The highest BCUT2D eigenvalue weighted by molar-refractivity contribution is 9.10. The normalized spacial score (nSPS) is 16.3. The minimum atomic E-state index is -1.08. The monoisotopic (exact) mass is 660 g/mol. The number of ether oxygens (including phenoxy) is 1. The van der Waals surface area contributed by atoms with E-state index in [0.29, 0.717) is 21.2 Å². The fourth-order valence-electron chi connectivity index (χ4n) is 4.83. The van der Waals surface area contributed by atoms with E-state index in [1.165, 1.54) is 53.6 Å². The Morgan fingerprint density at radius 1 is 1.07 bits per heavy atom. The van der Waals surface area contributed by atoms with E-state index in [-0.39, 0.29) is 32.4 Å². The van der Waals surface area contributed by atoms with E-state index in [0.717, 1.165) is 16.3 Å². The van der Waals surface area contributed by atoms with Gasteiger partial charge in [-0.15, -0.1) is 10.2 Å². The summed E-state index contributed by atoms with van der Waals surface area (Å²) in [4.78, 5) is 32.2. The Bertz CT molecular complexity index is 1870. The van der Waals surface area contributed by atoms with Crippen LogP contribution in [0.25, 0.3) is 16.5 Å². The molecule has 1 atom stereocenters. The molecular weight excluding hydrogens is 640 g/mol. The number of nitrogens with zero attached hydrogens (tertiary/aromatic N) is 4. The molecule has 0 bridgehead atoms. The lowest BCUT2D eigenvalue weighted by Crippen LogP contribution is -2.29. The molecule has 42 heavy (non-hydrogen) atoms. The van der Waals surface area contributed by atoms with Gasteiger partial charge in [0.2, 0.25) is 5.13 Å². The molecule has 6 rings (SSSR count). The molecule has 210 valence electrons. The zero-order valence-electron chi connectivity index (χ0n) is 21.9. The zero-order valence-corrected chi connectivity index (χ0v) is 25.1. The third kappa shape index (κ3) is 5.02. The van der Waals surface area contributed by atoms with Crippen molar-refractivity contribution < 1.29 is 24.5 Å². The summed E-state index contributed by atoms with van der Waals surface area (Å²) in [5, 5.41) is 32.8. The first-order valence-corrected chi connectivity index (χ1v) is 15.2. The number of benzene rings is 3. The van der Waals surface area contributed by atoms with Crippen LogP contribution in [0.3, 0.4) is 0 Å². The van der Waals surface area contributed by atoms with Crippen molar-refractivity contribution in [3.05, 3.63) is 106 Å². The number of phenolic OH excluding ortho intramolecular Hbond substituents is 1. The van der Waals surface area contributed by atoms with Crippen molar-refractivity contribution in [2.24, 2.45) is 0 Å². The number of amides is 1. The maximum Gasteiger partial charge on any atom is 0.301 e. The number of carbonyl (C=O) groups is 2. The predicted molar refractivity (Wildman–Crippen MR) is 165 cm³/mol.